The van der Waals surface area contributed by atoms with E-state index in [1.54, 1.807) is 12.1 Å². The fourth-order valence-electron chi connectivity index (χ4n) is 3.58. The van der Waals surface area contributed by atoms with Crippen LogP contribution in [0.3, 0.4) is 0 Å². The Kier molecular flexibility index (Phi) is 7.97. The van der Waals surface area contributed by atoms with Gasteiger partial charge in [-0.15, -0.1) is 0 Å². The minimum Gasteiger partial charge on any atom is -0.367 e. The van der Waals surface area contributed by atoms with E-state index < -0.39 is 0 Å². The van der Waals surface area contributed by atoms with Crippen LogP contribution in [0, 0.1) is 6.92 Å². The van der Waals surface area contributed by atoms with E-state index in [1.165, 1.54) is 0 Å². The lowest BCUT2D eigenvalue weighted by Crippen LogP contribution is -2.25. The molecule has 31 heavy (non-hydrogen) atoms. The second-order valence-electron chi connectivity index (χ2n) is 7.81. The molecule has 2 aromatic heterocycles. The summed E-state index contributed by atoms with van der Waals surface area (Å²) in [5.41, 5.74) is 2.51. The predicted octanol–water partition coefficient (Wildman–Crippen LogP) is 5.64. The zero-order valence-corrected chi connectivity index (χ0v) is 20.3. The third-order valence-electron chi connectivity index (χ3n) is 5.40. The molecule has 2 heterocycles. The number of fused-ring (bicyclic) bond motifs is 1. The maximum atomic E-state index is 6.16. The molecule has 0 saturated heterocycles. The van der Waals surface area contributed by atoms with Crippen molar-refractivity contribution in [1.82, 2.24) is 24.4 Å². The third-order valence-corrected chi connectivity index (χ3v) is 6.12. The molecule has 0 aliphatic heterocycles. The van der Waals surface area contributed by atoms with Crippen molar-refractivity contribution in [3.05, 3.63) is 33.9 Å². The number of imidazole rings is 1. The van der Waals surface area contributed by atoms with Crippen molar-refractivity contribution in [2.24, 2.45) is 7.05 Å². The summed E-state index contributed by atoms with van der Waals surface area (Å²) in [7, 11) is 1.91. The molecule has 3 aromatic rings. The van der Waals surface area contributed by atoms with Crippen LogP contribution in [0.25, 0.3) is 11.0 Å². The Morgan fingerprint density at radius 3 is 2.48 bits per heavy atom. The molecule has 3 rings (SSSR count). The van der Waals surface area contributed by atoms with E-state index in [4.69, 9.17) is 23.2 Å². The lowest BCUT2D eigenvalue weighted by Gasteiger charge is -2.20. The minimum absolute atomic E-state index is 0.317. The zero-order valence-electron chi connectivity index (χ0n) is 18.8. The van der Waals surface area contributed by atoms with E-state index in [1.807, 2.05) is 24.6 Å². The molecule has 0 radical (unpaired) electrons. The molecule has 0 saturated carbocycles. The van der Waals surface area contributed by atoms with Crippen molar-refractivity contribution in [2.45, 2.75) is 46.6 Å². The third kappa shape index (κ3) is 5.99. The number of benzene rings is 1. The van der Waals surface area contributed by atoms with E-state index in [0.717, 1.165) is 55.0 Å². The Labute approximate surface area is 194 Å². The summed E-state index contributed by atoms with van der Waals surface area (Å²) in [6.45, 7) is 11.9. The Morgan fingerprint density at radius 2 is 1.77 bits per heavy atom. The molecule has 0 spiro atoms. The number of hydrogen-bond acceptors (Lipinski definition) is 6. The van der Waals surface area contributed by atoms with E-state index >= 15 is 0 Å². The molecular formula is C22H31Cl2N7. The highest BCUT2D eigenvalue weighted by atomic mass is 35.5. The number of nitrogens with zero attached hydrogens (tertiary/aromatic N) is 5. The number of halogens is 2. The number of aromatic nitrogens is 4. The minimum atomic E-state index is 0.317. The quantitative estimate of drug-likeness (QED) is 0.404. The average Bonchev–Trinajstić information content (AvgIpc) is 3.00. The smallest absolute Gasteiger partial charge is 0.231 e. The average molecular weight is 464 g/mol. The van der Waals surface area contributed by atoms with Crippen molar-refractivity contribution < 1.29 is 0 Å². The van der Waals surface area contributed by atoms with Gasteiger partial charge in [0.25, 0.3) is 0 Å². The van der Waals surface area contributed by atoms with E-state index in [0.29, 0.717) is 28.0 Å². The second-order valence-corrected chi connectivity index (χ2v) is 8.62. The maximum absolute atomic E-state index is 6.16. The highest BCUT2D eigenvalue weighted by molar-refractivity contribution is 6.42. The Morgan fingerprint density at radius 1 is 1.06 bits per heavy atom. The van der Waals surface area contributed by atoms with Gasteiger partial charge >= 0.3 is 0 Å². The van der Waals surface area contributed by atoms with Crippen LogP contribution in [0.15, 0.2) is 18.2 Å². The molecule has 0 aliphatic rings. The SMILES string of the molecule is CCN(CC)CCCC(C)Nc1cc(C)nc(Nc2nc3cc(Cl)c(Cl)cc3n2C)n1. The van der Waals surface area contributed by atoms with Crippen molar-refractivity contribution in [3.63, 3.8) is 0 Å². The molecule has 168 valence electrons. The van der Waals surface area contributed by atoms with Gasteiger partial charge in [-0.05, 0) is 58.5 Å². The Balaban J connectivity index is 1.70. The molecule has 1 aromatic carbocycles. The first-order valence-electron chi connectivity index (χ1n) is 10.7. The number of nitrogens with one attached hydrogen (secondary N) is 2. The standard InChI is InChI=1S/C22H31Cl2N7/c1-6-31(7-2)10-8-9-14(3)25-20-11-15(4)26-21(28-20)29-22-27-18-12-16(23)17(24)13-19(18)30(22)5/h11-14H,6-10H2,1-5H3,(H2,25,26,27,28,29). The van der Waals surface area contributed by atoms with Gasteiger partial charge in [0.2, 0.25) is 11.9 Å². The van der Waals surface area contributed by atoms with Crippen LogP contribution in [-0.2, 0) is 7.05 Å². The van der Waals surface area contributed by atoms with Gasteiger partial charge in [0.1, 0.15) is 5.82 Å². The fourth-order valence-corrected chi connectivity index (χ4v) is 3.90. The molecule has 2 N–H and O–H groups in total. The number of hydrogen-bond donors (Lipinski definition) is 2. The van der Waals surface area contributed by atoms with E-state index in [2.05, 4.69) is 51.3 Å². The van der Waals surface area contributed by atoms with E-state index in [-0.39, 0.29) is 0 Å². The normalized spacial score (nSPS) is 12.5. The van der Waals surface area contributed by atoms with Crippen molar-refractivity contribution in [2.75, 3.05) is 30.3 Å². The molecule has 0 amide bonds. The Hall–Kier alpha value is -2.09. The van der Waals surface area contributed by atoms with Gasteiger partial charge in [-0.3, -0.25) is 5.32 Å². The van der Waals surface area contributed by atoms with Crippen LogP contribution in [-0.4, -0.2) is 50.1 Å². The van der Waals surface area contributed by atoms with Gasteiger partial charge in [-0.25, -0.2) is 9.97 Å². The molecular weight excluding hydrogens is 433 g/mol. The first-order valence-corrected chi connectivity index (χ1v) is 11.5. The molecule has 7 nitrogen and oxygen atoms in total. The monoisotopic (exact) mass is 463 g/mol. The van der Waals surface area contributed by atoms with Crippen LogP contribution in [0.5, 0.6) is 0 Å². The number of aryl methyl sites for hydroxylation is 2. The molecule has 0 fully saturated rings. The van der Waals surface area contributed by atoms with Crippen LogP contribution in [0.4, 0.5) is 17.7 Å². The summed E-state index contributed by atoms with van der Waals surface area (Å²) >= 11 is 12.3. The molecule has 9 heteroatoms. The highest BCUT2D eigenvalue weighted by Gasteiger charge is 2.13. The second kappa shape index (κ2) is 10.5. The maximum Gasteiger partial charge on any atom is 0.231 e. The summed E-state index contributed by atoms with van der Waals surface area (Å²) in [5.74, 6) is 1.92. The highest BCUT2D eigenvalue weighted by Crippen LogP contribution is 2.29. The largest absolute Gasteiger partial charge is 0.367 e. The van der Waals surface area contributed by atoms with Gasteiger partial charge in [-0.1, -0.05) is 37.0 Å². The molecule has 1 unspecified atom stereocenters. The first-order chi connectivity index (χ1) is 14.8. The molecule has 1 atom stereocenters. The summed E-state index contributed by atoms with van der Waals surface area (Å²) in [5, 5.41) is 7.70. The van der Waals surface area contributed by atoms with Gasteiger partial charge < -0.3 is 14.8 Å². The summed E-state index contributed by atoms with van der Waals surface area (Å²) < 4.78 is 1.91. The topological polar surface area (TPSA) is 70.9 Å². The van der Waals surface area contributed by atoms with Gasteiger partial charge in [-0.2, -0.15) is 4.98 Å². The molecule has 0 aliphatic carbocycles. The Bertz CT molecular complexity index is 1030. The summed E-state index contributed by atoms with van der Waals surface area (Å²) in [6, 6.07) is 5.84. The van der Waals surface area contributed by atoms with Crippen molar-refractivity contribution in [3.8, 4) is 0 Å². The van der Waals surface area contributed by atoms with Crippen LogP contribution >= 0.6 is 23.2 Å². The van der Waals surface area contributed by atoms with Crippen molar-refractivity contribution in [1.29, 1.82) is 0 Å². The first kappa shape index (κ1) is 23.6. The predicted molar refractivity (Wildman–Crippen MR) is 131 cm³/mol. The number of anilines is 3. The van der Waals surface area contributed by atoms with Crippen molar-refractivity contribution >= 4 is 51.9 Å². The molecule has 0 bridgehead atoms. The lowest BCUT2D eigenvalue weighted by molar-refractivity contribution is 0.295. The van der Waals surface area contributed by atoms with Crippen LogP contribution in [0.1, 0.15) is 39.3 Å². The van der Waals surface area contributed by atoms with Gasteiger partial charge in [0.05, 0.1) is 21.1 Å². The lowest BCUT2D eigenvalue weighted by atomic mass is 10.1. The van der Waals surface area contributed by atoms with E-state index in [9.17, 15) is 0 Å². The zero-order chi connectivity index (χ0) is 22.5. The summed E-state index contributed by atoms with van der Waals surface area (Å²) in [4.78, 5) is 16.2. The van der Waals surface area contributed by atoms with Crippen LogP contribution in [0.2, 0.25) is 10.0 Å². The summed E-state index contributed by atoms with van der Waals surface area (Å²) in [6.07, 6.45) is 2.23. The van der Waals surface area contributed by atoms with Gasteiger partial charge in [0, 0.05) is 24.8 Å². The van der Waals surface area contributed by atoms with Gasteiger partial charge in [0.15, 0.2) is 0 Å². The fraction of sp³-hybridized carbons (Fsp3) is 0.500. The van der Waals surface area contributed by atoms with Crippen LogP contribution < -0.4 is 10.6 Å². The number of rotatable bonds is 10.